The van der Waals surface area contributed by atoms with Crippen molar-refractivity contribution in [2.75, 3.05) is 12.3 Å². The molecule has 3 aromatic rings. The van der Waals surface area contributed by atoms with Gasteiger partial charge in [0.25, 0.3) is 0 Å². The highest BCUT2D eigenvalue weighted by Gasteiger charge is 2.46. The number of benzene rings is 1. The van der Waals surface area contributed by atoms with E-state index in [0.717, 1.165) is 6.07 Å². The quantitative estimate of drug-likeness (QED) is 0.340. The minimum Gasteiger partial charge on any atom is -0.482 e. The number of aromatic nitrogens is 3. The highest BCUT2D eigenvalue weighted by Crippen LogP contribution is 2.38. The third-order valence-electron chi connectivity index (χ3n) is 5.32. The Morgan fingerprint density at radius 3 is 2.70 bits per heavy atom. The average Bonchev–Trinajstić information content (AvgIpc) is 3.42. The van der Waals surface area contributed by atoms with Crippen LogP contribution < -0.4 is 10.5 Å². The monoisotopic (exact) mass is 504 g/mol. The maximum atomic E-state index is 13.9. The number of anilines is 1. The Bertz CT molecular complexity index is 1170. The zero-order chi connectivity index (χ0) is 23.9. The summed E-state index contributed by atoms with van der Waals surface area (Å²) in [6, 6.07) is 3.59. The molecule has 3 unspecified atom stereocenters. The number of hydrogen-bond acceptors (Lipinski definition) is 5. The van der Waals surface area contributed by atoms with Gasteiger partial charge in [-0.2, -0.15) is 18.3 Å². The number of nitrogens with two attached hydrogens (primary N) is 1. The molecule has 4 rings (SSSR count). The van der Waals surface area contributed by atoms with Crippen LogP contribution in [0.3, 0.4) is 0 Å². The van der Waals surface area contributed by atoms with Crippen LogP contribution in [0.1, 0.15) is 31.1 Å². The van der Waals surface area contributed by atoms with Crippen molar-refractivity contribution in [3.63, 3.8) is 0 Å². The molecule has 12 heteroatoms. The fourth-order valence-corrected chi connectivity index (χ4v) is 4.26. The standard InChI is InChI=1S/C21H18Cl2F4N4O2/c1-10(18-14(22)2-3-15(24)19(18)23)33-16-4-11(6-29-20(16)28)12-7-30-31(8-12)13-5-17(32-9-13)21(25,26)27/h2-4,6-8,10,13,17H,5,9H2,1H3,(H2,28,29). The Labute approximate surface area is 196 Å². The Hall–Kier alpha value is -2.56. The average molecular weight is 505 g/mol. The minimum atomic E-state index is -4.41. The van der Waals surface area contributed by atoms with Crippen LogP contribution >= 0.6 is 23.2 Å². The molecule has 6 nitrogen and oxygen atoms in total. The van der Waals surface area contributed by atoms with E-state index in [1.807, 2.05) is 0 Å². The number of nitrogens with zero attached hydrogens (tertiary/aromatic N) is 3. The van der Waals surface area contributed by atoms with Crippen LogP contribution in [0.25, 0.3) is 11.1 Å². The van der Waals surface area contributed by atoms with E-state index in [2.05, 4.69) is 10.1 Å². The number of ether oxygens (including phenoxy) is 2. The molecule has 176 valence electrons. The van der Waals surface area contributed by atoms with Crippen LogP contribution in [0.4, 0.5) is 23.4 Å². The summed E-state index contributed by atoms with van der Waals surface area (Å²) < 4.78 is 64.7. The van der Waals surface area contributed by atoms with Crippen molar-refractivity contribution < 1.29 is 27.0 Å². The lowest BCUT2D eigenvalue weighted by Crippen LogP contribution is -2.27. The van der Waals surface area contributed by atoms with Gasteiger partial charge in [0.1, 0.15) is 11.9 Å². The van der Waals surface area contributed by atoms with Crippen molar-refractivity contribution in [1.29, 1.82) is 0 Å². The molecular weight excluding hydrogens is 487 g/mol. The van der Waals surface area contributed by atoms with E-state index in [-0.39, 0.29) is 40.2 Å². The molecule has 3 atom stereocenters. The van der Waals surface area contributed by atoms with Crippen LogP contribution in [0.15, 0.2) is 36.8 Å². The molecule has 0 aliphatic carbocycles. The number of alkyl halides is 3. The smallest absolute Gasteiger partial charge is 0.414 e. The first-order chi connectivity index (χ1) is 15.5. The molecule has 0 radical (unpaired) electrons. The summed E-state index contributed by atoms with van der Waals surface area (Å²) in [6.45, 7) is 1.54. The molecular formula is C21H18Cl2F4N4O2. The summed E-state index contributed by atoms with van der Waals surface area (Å²) in [5, 5.41) is 4.25. The summed E-state index contributed by atoms with van der Waals surface area (Å²) in [5.74, 6) is -0.355. The second-order valence-corrected chi connectivity index (χ2v) is 8.37. The van der Waals surface area contributed by atoms with Crippen molar-refractivity contribution >= 4 is 29.0 Å². The number of nitrogen functional groups attached to an aromatic ring is 1. The molecule has 3 heterocycles. The summed E-state index contributed by atoms with van der Waals surface area (Å²) in [5.41, 5.74) is 7.37. The fourth-order valence-electron chi connectivity index (χ4n) is 3.58. The molecule has 1 aromatic carbocycles. The first-order valence-electron chi connectivity index (χ1n) is 9.83. The lowest BCUT2D eigenvalue weighted by atomic mass is 10.1. The van der Waals surface area contributed by atoms with E-state index in [1.165, 1.54) is 23.1 Å². The molecule has 0 amide bonds. The number of rotatable bonds is 5. The molecule has 1 saturated heterocycles. The molecule has 33 heavy (non-hydrogen) atoms. The van der Waals surface area contributed by atoms with E-state index in [0.29, 0.717) is 11.1 Å². The maximum absolute atomic E-state index is 13.9. The Balaban J connectivity index is 1.55. The fraction of sp³-hybridized carbons (Fsp3) is 0.333. The molecule has 1 aliphatic rings. The Morgan fingerprint density at radius 1 is 1.24 bits per heavy atom. The van der Waals surface area contributed by atoms with Crippen LogP contribution in [-0.4, -0.2) is 33.7 Å². The molecule has 0 bridgehead atoms. The van der Waals surface area contributed by atoms with Gasteiger partial charge in [-0.05, 0) is 25.1 Å². The van der Waals surface area contributed by atoms with Gasteiger partial charge in [0.05, 0.1) is 23.9 Å². The summed E-state index contributed by atoms with van der Waals surface area (Å²) >= 11 is 12.2. The van der Waals surface area contributed by atoms with E-state index in [1.54, 1.807) is 19.2 Å². The second-order valence-electron chi connectivity index (χ2n) is 7.59. The molecule has 1 fully saturated rings. The van der Waals surface area contributed by atoms with Crippen LogP contribution in [0.2, 0.25) is 10.0 Å². The predicted molar refractivity (Wildman–Crippen MR) is 115 cm³/mol. The van der Waals surface area contributed by atoms with Gasteiger partial charge < -0.3 is 15.2 Å². The molecule has 0 saturated carbocycles. The number of halogens is 6. The topological polar surface area (TPSA) is 75.2 Å². The lowest BCUT2D eigenvalue weighted by molar-refractivity contribution is -0.206. The van der Waals surface area contributed by atoms with E-state index < -0.39 is 30.2 Å². The maximum Gasteiger partial charge on any atom is 0.414 e. The van der Waals surface area contributed by atoms with Gasteiger partial charge in [0.15, 0.2) is 17.7 Å². The zero-order valence-electron chi connectivity index (χ0n) is 17.1. The van der Waals surface area contributed by atoms with Crippen molar-refractivity contribution in [3.8, 4) is 16.9 Å². The third-order valence-corrected chi connectivity index (χ3v) is 6.04. The van der Waals surface area contributed by atoms with Crippen molar-refractivity contribution in [1.82, 2.24) is 14.8 Å². The van der Waals surface area contributed by atoms with Gasteiger partial charge in [0.2, 0.25) is 0 Å². The summed E-state index contributed by atoms with van der Waals surface area (Å²) in [6.07, 6.45) is -2.60. The predicted octanol–water partition coefficient (Wildman–Crippen LogP) is 6.01. The molecule has 2 aromatic heterocycles. The third kappa shape index (κ3) is 4.87. The normalized spacial score (nSPS) is 19.6. The van der Waals surface area contributed by atoms with E-state index in [4.69, 9.17) is 38.4 Å². The van der Waals surface area contributed by atoms with E-state index >= 15 is 0 Å². The summed E-state index contributed by atoms with van der Waals surface area (Å²) in [7, 11) is 0. The van der Waals surface area contributed by atoms with Crippen LogP contribution in [0, 0.1) is 5.82 Å². The number of pyridine rings is 1. The Kier molecular flexibility index (Phi) is 6.43. The number of hydrogen-bond donors (Lipinski definition) is 1. The van der Waals surface area contributed by atoms with Crippen molar-refractivity contribution in [3.05, 3.63) is 58.2 Å². The second kappa shape index (κ2) is 9.00. The van der Waals surface area contributed by atoms with Crippen molar-refractivity contribution in [2.45, 2.75) is 37.8 Å². The van der Waals surface area contributed by atoms with Gasteiger partial charge in [-0.3, -0.25) is 4.68 Å². The molecule has 2 N–H and O–H groups in total. The van der Waals surface area contributed by atoms with Gasteiger partial charge in [-0.15, -0.1) is 0 Å². The molecule has 1 aliphatic heterocycles. The van der Waals surface area contributed by atoms with Gasteiger partial charge in [-0.25, -0.2) is 9.37 Å². The zero-order valence-corrected chi connectivity index (χ0v) is 18.6. The van der Waals surface area contributed by atoms with Crippen LogP contribution in [0.5, 0.6) is 5.75 Å². The molecule has 0 spiro atoms. The SMILES string of the molecule is CC(Oc1cc(-c2cnn(C3COC(C(F)(F)F)C3)c2)cnc1N)c1c(Cl)ccc(F)c1Cl. The first-order valence-corrected chi connectivity index (χ1v) is 10.6. The van der Waals surface area contributed by atoms with Crippen LogP contribution in [-0.2, 0) is 4.74 Å². The highest BCUT2D eigenvalue weighted by atomic mass is 35.5. The minimum absolute atomic E-state index is 0.0823. The summed E-state index contributed by atoms with van der Waals surface area (Å²) in [4.78, 5) is 4.12. The van der Waals surface area contributed by atoms with Gasteiger partial charge >= 0.3 is 6.18 Å². The van der Waals surface area contributed by atoms with Gasteiger partial charge in [-0.1, -0.05) is 23.2 Å². The Morgan fingerprint density at radius 2 is 2.00 bits per heavy atom. The highest BCUT2D eigenvalue weighted by molar-refractivity contribution is 6.36. The largest absolute Gasteiger partial charge is 0.482 e. The van der Waals surface area contributed by atoms with Crippen molar-refractivity contribution in [2.24, 2.45) is 0 Å². The van der Waals surface area contributed by atoms with E-state index in [9.17, 15) is 17.6 Å². The van der Waals surface area contributed by atoms with Gasteiger partial charge in [0, 0.05) is 40.5 Å². The first kappa shape index (κ1) is 23.6. The lowest BCUT2D eigenvalue weighted by Gasteiger charge is -2.19.